The van der Waals surface area contributed by atoms with Crippen LogP contribution in [-0.4, -0.2) is 25.2 Å². The molecule has 168 valence electrons. The molecule has 2 unspecified atom stereocenters. The van der Waals surface area contributed by atoms with Crippen LogP contribution in [0.5, 0.6) is 0 Å². The normalized spacial score (nSPS) is 12.5. The first-order chi connectivity index (χ1) is 13.5. The summed E-state index contributed by atoms with van der Waals surface area (Å²) in [6.07, 6.45) is 12.5. The molecule has 0 bridgehead atoms. The van der Waals surface area contributed by atoms with Gasteiger partial charge in [0.15, 0.2) is 0 Å². The van der Waals surface area contributed by atoms with E-state index in [1.165, 1.54) is 0 Å². The lowest BCUT2D eigenvalue weighted by Gasteiger charge is -2.13. The average molecular weight is 401 g/mol. The van der Waals surface area contributed by atoms with Crippen molar-refractivity contribution >= 4 is 11.9 Å². The van der Waals surface area contributed by atoms with E-state index in [4.69, 9.17) is 9.47 Å². The molecule has 0 aromatic rings. The van der Waals surface area contributed by atoms with Crippen LogP contribution in [0.25, 0.3) is 0 Å². The molecule has 2 atom stereocenters. The Morgan fingerprint density at radius 3 is 1.14 bits per heavy atom. The van der Waals surface area contributed by atoms with Gasteiger partial charge in [0.1, 0.15) is 0 Å². The Hall–Kier alpha value is -1.06. The van der Waals surface area contributed by atoms with Crippen LogP contribution >= 0.6 is 0 Å². The standard InChI is InChI=1S/2C12H24O2/c2*1-4-7-9-11(6-3)12(13)14-10-8-5-2/h2*11H,4-10H2,1-3H3. The molecule has 0 radical (unpaired) electrons. The summed E-state index contributed by atoms with van der Waals surface area (Å²) in [4.78, 5) is 23.1. The number of carbonyl (C=O) groups excluding carboxylic acids is 2. The maximum absolute atomic E-state index is 11.5. The third-order valence-corrected chi connectivity index (χ3v) is 4.95. The zero-order valence-corrected chi connectivity index (χ0v) is 19.7. The van der Waals surface area contributed by atoms with E-state index in [-0.39, 0.29) is 23.8 Å². The highest BCUT2D eigenvalue weighted by Crippen LogP contribution is 2.15. The monoisotopic (exact) mass is 400 g/mol. The molecule has 4 nitrogen and oxygen atoms in total. The van der Waals surface area contributed by atoms with Gasteiger partial charge in [0.25, 0.3) is 0 Å². The topological polar surface area (TPSA) is 52.6 Å². The molecule has 0 saturated carbocycles. The summed E-state index contributed by atoms with van der Waals surface area (Å²) in [7, 11) is 0. The van der Waals surface area contributed by atoms with E-state index in [2.05, 4.69) is 41.5 Å². The van der Waals surface area contributed by atoms with Crippen LogP contribution in [0.4, 0.5) is 0 Å². The largest absolute Gasteiger partial charge is 0.465 e. The van der Waals surface area contributed by atoms with Gasteiger partial charge in [0, 0.05) is 0 Å². The van der Waals surface area contributed by atoms with E-state index in [1.807, 2.05) is 0 Å². The van der Waals surface area contributed by atoms with Crippen molar-refractivity contribution in [1.29, 1.82) is 0 Å². The first-order valence-corrected chi connectivity index (χ1v) is 11.8. The fraction of sp³-hybridized carbons (Fsp3) is 0.917. The Labute approximate surface area is 175 Å². The predicted octanol–water partition coefficient (Wildman–Crippen LogP) is 7.09. The Balaban J connectivity index is 0. The van der Waals surface area contributed by atoms with E-state index in [9.17, 15) is 9.59 Å². The van der Waals surface area contributed by atoms with E-state index < -0.39 is 0 Å². The summed E-state index contributed by atoms with van der Waals surface area (Å²) in [6.45, 7) is 13.8. The lowest BCUT2D eigenvalue weighted by atomic mass is 10.00. The number of hydrogen-bond donors (Lipinski definition) is 0. The molecule has 0 N–H and O–H groups in total. The molecule has 0 aromatic carbocycles. The highest BCUT2D eigenvalue weighted by atomic mass is 16.5. The first-order valence-electron chi connectivity index (χ1n) is 11.8. The van der Waals surface area contributed by atoms with Gasteiger partial charge < -0.3 is 9.47 Å². The van der Waals surface area contributed by atoms with Gasteiger partial charge in [-0.15, -0.1) is 0 Å². The minimum Gasteiger partial charge on any atom is -0.465 e. The molecule has 0 saturated heterocycles. The summed E-state index contributed by atoms with van der Waals surface area (Å²) < 4.78 is 10.4. The number of rotatable bonds is 16. The minimum atomic E-state index is 0.00870. The lowest BCUT2D eigenvalue weighted by molar-refractivity contribution is -0.150. The highest BCUT2D eigenvalue weighted by molar-refractivity contribution is 5.72. The van der Waals surface area contributed by atoms with Crippen LogP contribution < -0.4 is 0 Å². The van der Waals surface area contributed by atoms with Crippen LogP contribution in [-0.2, 0) is 19.1 Å². The van der Waals surface area contributed by atoms with Crippen molar-refractivity contribution < 1.29 is 19.1 Å². The molecule has 4 heteroatoms. The molecule has 0 aliphatic rings. The number of carbonyl (C=O) groups is 2. The second kappa shape index (κ2) is 22.2. The molecule has 0 spiro atoms. The van der Waals surface area contributed by atoms with Crippen LogP contribution in [0.1, 0.15) is 119 Å². The molecular weight excluding hydrogens is 352 g/mol. The van der Waals surface area contributed by atoms with Crippen molar-refractivity contribution in [2.45, 2.75) is 119 Å². The molecule has 0 aromatic heterocycles. The van der Waals surface area contributed by atoms with E-state index in [0.29, 0.717) is 13.2 Å². The molecule has 0 rings (SSSR count). The Morgan fingerprint density at radius 2 is 0.893 bits per heavy atom. The fourth-order valence-corrected chi connectivity index (χ4v) is 2.75. The summed E-state index contributed by atoms with van der Waals surface area (Å²) >= 11 is 0. The maximum atomic E-state index is 11.5. The smallest absolute Gasteiger partial charge is 0.308 e. The van der Waals surface area contributed by atoms with Crippen LogP contribution in [0.2, 0.25) is 0 Å². The molecule has 0 aliphatic carbocycles. The van der Waals surface area contributed by atoms with E-state index in [1.54, 1.807) is 0 Å². The van der Waals surface area contributed by atoms with Crippen molar-refractivity contribution in [2.24, 2.45) is 11.8 Å². The Morgan fingerprint density at radius 1 is 0.571 bits per heavy atom. The quantitative estimate of drug-likeness (QED) is 0.205. The number of ether oxygens (including phenoxy) is 2. The van der Waals surface area contributed by atoms with Crippen molar-refractivity contribution in [3.63, 3.8) is 0 Å². The van der Waals surface area contributed by atoms with Gasteiger partial charge >= 0.3 is 11.9 Å². The zero-order valence-electron chi connectivity index (χ0n) is 19.7. The minimum absolute atomic E-state index is 0.00870. The molecular formula is C24H48O4. The average Bonchev–Trinajstić information content (AvgIpc) is 2.70. The summed E-state index contributed by atoms with van der Waals surface area (Å²) in [5.74, 6) is 0.280. The molecule has 0 amide bonds. The van der Waals surface area contributed by atoms with Gasteiger partial charge in [-0.1, -0.05) is 80.1 Å². The molecule has 0 fully saturated rings. The summed E-state index contributed by atoms with van der Waals surface area (Å²) in [6, 6.07) is 0. The van der Waals surface area contributed by atoms with Crippen molar-refractivity contribution in [2.75, 3.05) is 13.2 Å². The third kappa shape index (κ3) is 17.1. The van der Waals surface area contributed by atoms with Crippen LogP contribution in [0.3, 0.4) is 0 Å². The van der Waals surface area contributed by atoms with E-state index >= 15 is 0 Å². The predicted molar refractivity (Wildman–Crippen MR) is 118 cm³/mol. The summed E-state index contributed by atoms with van der Waals surface area (Å²) in [5, 5.41) is 0. The van der Waals surface area contributed by atoms with Crippen LogP contribution in [0.15, 0.2) is 0 Å². The molecule has 0 aliphatic heterocycles. The zero-order chi connectivity index (χ0) is 21.6. The van der Waals surface area contributed by atoms with Gasteiger partial charge in [-0.05, 0) is 38.5 Å². The number of hydrogen-bond acceptors (Lipinski definition) is 4. The second-order valence-corrected chi connectivity index (χ2v) is 7.54. The van der Waals surface area contributed by atoms with Gasteiger partial charge in [0.2, 0.25) is 0 Å². The first kappa shape index (κ1) is 29.1. The summed E-state index contributed by atoms with van der Waals surface area (Å²) in [5.41, 5.74) is 0. The fourth-order valence-electron chi connectivity index (χ4n) is 2.75. The number of esters is 2. The van der Waals surface area contributed by atoms with Crippen molar-refractivity contribution in [3.05, 3.63) is 0 Å². The van der Waals surface area contributed by atoms with Gasteiger partial charge in [-0.25, -0.2) is 0 Å². The molecule has 28 heavy (non-hydrogen) atoms. The Bertz CT molecular complexity index is 321. The van der Waals surface area contributed by atoms with Gasteiger partial charge in [-0.3, -0.25) is 9.59 Å². The maximum Gasteiger partial charge on any atom is 0.308 e. The van der Waals surface area contributed by atoms with Crippen molar-refractivity contribution in [1.82, 2.24) is 0 Å². The second-order valence-electron chi connectivity index (χ2n) is 7.54. The SMILES string of the molecule is CCCCOC(=O)C(CC)CCCC.CCCCOC(=O)C(CC)CCCC. The van der Waals surface area contributed by atoms with Gasteiger partial charge in [-0.2, -0.15) is 0 Å². The lowest BCUT2D eigenvalue weighted by Crippen LogP contribution is -2.17. The highest BCUT2D eigenvalue weighted by Gasteiger charge is 2.17. The van der Waals surface area contributed by atoms with Crippen LogP contribution in [0, 0.1) is 11.8 Å². The van der Waals surface area contributed by atoms with Gasteiger partial charge in [0.05, 0.1) is 25.0 Å². The Kier molecular flexibility index (Phi) is 23.1. The third-order valence-electron chi connectivity index (χ3n) is 4.95. The number of unbranched alkanes of at least 4 members (excludes halogenated alkanes) is 4. The van der Waals surface area contributed by atoms with E-state index in [0.717, 1.165) is 77.0 Å². The molecule has 0 heterocycles. The van der Waals surface area contributed by atoms with Crippen molar-refractivity contribution in [3.8, 4) is 0 Å².